The maximum atomic E-state index is 13.1. The molecule has 19 heavy (non-hydrogen) atoms. The second kappa shape index (κ2) is 5.15. The van der Waals surface area contributed by atoms with E-state index in [4.69, 9.17) is 0 Å². The fourth-order valence-corrected chi connectivity index (χ4v) is 2.91. The Balaban J connectivity index is 1.65. The van der Waals surface area contributed by atoms with E-state index in [-0.39, 0.29) is 5.82 Å². The lowest BCUT2D eigenvalue weighted by Crippen LogP contribution is -2.21. The van der Waals surface area contributed by atoms with E-state index in [9.17, 15) is 4.39 Å². The Morgan fingerprint density at radius 2 is 2.32 bits per heavy atom. The summed E-state index contributed by atoms with van der Waals surface area (Å²) in [5.41, 5.74) is 0.668. The summed E-state index contributed by atoms with van der Waals surface area (Å²) in [7, 11) is 0. The summed E-state index contributed by atoms with van der Waals surface area (Å²) in [6.07, 6.45) is 6.56. The predicted molar refractivity (Wildman–Crippen MR) is 72.6 cm³/mol. The van der Waals surface area contributed by atoms with E-state index in [1.807, 2.05) is 0 Å². The molecule has 1 N–H and O–H groups in total. The molecule has 4 nitrogen and oxygen atoms in total. The predicted octanol–water partition coefficient (Wildman–Crippen LogP) is 3.11. The molecular formula is C14H19FN4. The highest BCUT2D eigenvalue weighted by molar-refractivity contribution is 5.43. The zero-order valence-corrected chi connectivity index (χ0v) is 11.1. The van der Waals surface area contributed by atoms with E-state index >= 15 is 0 Å². The lowest BCUT2D eigenvalue weighted by Gasteiger charge is -2.26. The molecule has 1 aliphatic carbocycles. The molecule has 0 aliphatic heterocycles. The topological polar surface area (TPSA) is 42.2 Å². The number of anilines is 1. The minimum Gasteiger partial charge on any atom is -0.353 e. The molecule has 2 heterocycles. The Hall–Kier alpha value is -1.65. The van der Waals surface area contributed by atoms with E-state index in [0.717, 1.165) is 12.5 Å². The van der Waals surface area contributed by atoms with Crippen LogP contribution in [0.15, 0.2) is 18.3 Å². The molecule has 2 aromatic rings. The van der Waals surface area contributed by atoms with Gasteiger partial charge in [-0.3, -0.25) is 0 Å². The van der Waals surface area contributed by atoms with Gasteiger partial charge in [0.05, 0.1) is 6.20 Å². The van der Waals surface area contributed by atoms with E-state index in [2.05, 4.69) is 22.3 Å². The average Bonchev–Trinajstić information content (AvgIpc) is 2.78. The zero-order valence-electron chi connectivity index (χ0n) is 11.1. The van der Waals surface area contributed by atoms with E-state index < -0.39 is 0 Å². The molecule has 0 amide bonds. The number of pyridine rings is 1. The first-order valence-corrected chi connectivity index (χ1v) is 6.96. The van der Waals surface area contributed by atoms with Crippen LogP contribution >= 0.6 is 0 Å². The van der Waals surface area contributed by atoms with E-state index in [0.29, 0.717) is 17.5 Å². The molecule has 1 aliphatic rings. The summed E-state index contributed by atoms with van der Waals surface area (Å²) in [6.45, 7) is 3.22. The Bertz CT molecular complexity index is 566. The molecule has 0 saturated heterocycles. The van der Waals surface area contributed by atoms with Crippen LogP contribution in [0.3, 0.4) is 0 Å². The third-order valence-electron chi connectivity index (χ3n) is 3.89. The molecule has 102 valence electrons. The number of aromatic nitrogens is 3. The van der Waals surface area contributed by atoms with Crippen LogP contribution in [-0.4, -0.2) is 21.1 Å². The Morgan fingerprint density at radius 1 is 1.42 bits per heavy atom. The first-order valence-electron chi connectivity index (χ1n) is 6.96. The van der Waals surface area contributed by atoms with Gasteiger partial charge in [-0.05, 0) is 36.8 Å². The van der Waals surface area contributed by atoms with Gasteiger partial charge in [0.25, 0.3) is 0 Å². The van der Waals surface area contributed by atoms with Crippen LogP contribution in [-0.2, 0) is 0 Å². The maximum Gasteiger partial charge on any atom is 0.243 e. The summed E-state index contributed by atoms with van der Waals surface area (Å²) in [5.74, 6) is 1.81. The van der Waals surface area contributed by atoms with Crippen LogP contribution in [0.4, 0.5) is 10.3 Å². The smallest absolute Gasteiger partial charge is 0.243 e. The molecule has 3 rings (SSSR count). The van der Waals surface area contributed by atoms with Gasteiger partial charge in [-0.2, -0.15) is 4.98 Å². The number of nitrogens with zero attached hydrogens (tertiary/aromatic N) is 3. The molecule has 1 saturated carbocycles. The Morgan fingerprint density at radius 3 is 3.16 bits per heavy atom. The van der Waals surface area contributed by atoms with E-state index in [1.54, 1.807) is 6.07 Å². The molecule has 0 bridgehead atoms. The maximum absolute atomic E-state index is 13.1. The third kappa shape index (κ3) is 2.85. The first kappa shape index (κ1) is 12.4. The number of nitrogens with one attached hydrogen (secondary N) is 1. The van der Waals surface area contributed by atoms with Crippen molar-refractivity contribution in [2.24, 2.45) is 11.8 Å². The summed E-state index contributed by atoms with van der Waals surface area (Å²) >= 11 is 0. The summed E-state index contributed by atoms with van der Waals surface area (Å²) in [6, 6.07) is 3.03. The van der Waals surface area contributed by atoms with Crippen molar-refractivity contribution in [3.05, 3.63) is 24.1 Å². The SMILES string of the molecule is CC1CCCC(CNc2nc3ccc(F)cn3n2)C1. The van der Waals surface area contributed by atoms with E-state index in [1.165, 1.54) is 42.5 Å². The monoisotopic (exact) mass is 262 g/mol. The fourth-order valence-electron chi connectivity index (χ4n) is 2.91. The minimum atomic E-state index is -0.301. The van der Waals surface area contributed by atoms with Crippen molar-refractivity contribution in [1.29, 1.82) is 0 Å². The number of halogens is 1. The van der Waals surface area contributed by atoms with Gasteiger partial charge >= 0.3 is 0 Å². The number of rotatable bonds is 3. The van der Waals surface area contributed by atoms with Gasteiger partial charge in [0.1, 0.15) is 5.82 Å². The third-order valence-corrected chi connectivity index (χ3v) is 3.89. The molecule has 0 radical (unpaired) electrons. The molecular weight excluding hydrogens is 243 g/mol. The second-order valence-corrected chi connectivity index (χ2v) is 5.60. The highest BCUT2D eigenvalue weighted by Crippen LogP contribution is 2.28. The molecule has 0 spiro atoms. The number of fused-ring (bicyclic) bond motifs is 1. The standard InChI is InChI=1S/C14H19FN4/c1-10-3-2-4-11(7-10)8-16-14-17-13-6-5-12(15)9-19(13)18-14/h5-6,9-11H,2-4,7-8H2,1H3,(H,16,18). The molecule has 1 fully saturated rings. The van der Waals surface area contributed by atoms with Crippen LogP contribution in [0.5, 0.6) is 0 Å². The van der Waals surface area contributed by atoms with Gasteiger partial charge in [-0.15, -0.1) is 5.10 Å². The van der Waals surface area contributed by atoms with Crippen LogP contribution in [0.1, 0.15) is 32.6 Å². The van der Waals surface area contributed by atoms with Crippen molar-refractivity contribution in [3.8, 4) is 0 Å². The number of hydrogen-bond donors (Lipinski definition) is 1. The zero-order chi connectivity index (χ0) is 13.2. The molecule has 2 aromatic heterocycles. The number of hydrogen-bond acceptors (Lipinski definition) is 3. The average molecular weight is 262 g/mol. The van der Waals surface area contributed by atoms with Crippen molar-refractivity contribution < 1.29 is 4.39 Å². The highest BCUT2D eigenvalue weighted by Gasteiger charge is 2.19. The summed E-state index contributed by atoms with van der Waals surface area (Å²) in [4.78, 5) is 4.33. The second-order valence-electron chi connectivity index (χ2n) is 5.60. The Labute approximate surface area is 112 Å². The van der Waals surface area contributed by atoms with Crippen LogP contribution in [0, 0.1) is 17.7 Å². The van der Waals surface area contributed by atoms with Crippen LogP contribution in [0.2, 0.25) is 0 Å². The molecule has 2 unspecified atom stereocenters. The molecule has 0 aromatic carbocycles. The molecule has 5 heteroatoms. The normalized spacial score (nSPS) is 23.7. The van der Waals surface area contributed by atoms with Gasteiger partial charge in [0.15, 0.2) is 5.65 Å². The van der Waals surface area contributed by atoms with Crippen molar-refractivity contribution in [2.45, 2.75) is 32.6 Å². The largest absolute Gasteiger partial charge is 0.353 e. The first-order chi connectivity index (χ1) is 9.20. The quantitative estimate of drug-likeness (QED) is 0.924. The summed E-state index contributed by atoms with van der Waals surface area (Å²) < 4.78 is 14.5. The van der Waals surface area contributed by atoms with Crippen molar-refractivity contribution in [2.75, 3.05) is 11.9 Å². The van der Waals surface area contributed by atoms with Crippen molar-refractivity contribution >= 4 is 11.6 Å². The van der Waals surface area contributed by atoms with Gasteiger partial charge in [0.2, 0.25) is 5.95 Å². The highest BCUT2D eigenvalue weighted by atomic mass is 19.1. The van der Waals surface area contributed by atoms with Gasteiger partial charge in [-0.25, -0.2) is 8.91 Å². The van der Waals surface area contributed by atoms with Crippen molar-refractivity contribution in [3.63, 3.8) is 0 Å². The lowest BCUT2D eigenvalue weighted by atomic mass is 9.82. The Kier molecular flexibility index (Phi) is 3.36. The fraction of sp³-hybridized carbons (Fsp3) is 0.571. The van der Waals surface area contributed by atoms with Gasteiger partial charge in [-0.1, -0.05) is 19.8 Å². The molecule has 2 atom stereocenters. The van der Waals surface area contributed by atoms with Gasteiger partial charge < -0.3 is 5.32 Å². The van der Waals surface area contributed by atoms with Crippen molar-refractivity contribution in [1.82, 2.24) is 14.6 Å². The minimum absolute atomic E-state index is 0.301. The van der Waals surface area contributed by atoms with Crippen LogP contribution in [0.25, 0.3) is 5.65 Å². The van der Waals surface area contributed by atoms with Gasteiger partial charge in [0, 0.05) is 6.54 Å². The van der Waals surface area contributed by atoms with Crippen LogP contribution < -0.4 is 5.32 Å². The lowest BCUT2D eigenvalue weighted by molar-refractivity contribution is 0.293. The summed E-state index contributed by atoms with van der Waals surface area (Å²) in [5, 5.41) is 7.51.